The molecule has 1 unspecified atom stereocenters. The van der Waals surface area contributed by atoms with Gasteiger partial charge in [0, 0.05) is 19.7 Å². The fourth-order valence-corrected chi connectivity index (χ4v) is 1.30. The molecule has 1 fully saturated rings. The summed E-state index contributed by atoms with van der Waals surface area (Å²) in [5, 5.41) is 3.00. The van der Waals surface area contributed by atoms with Crippen molar-refractivity contribution in [3.8, 4) is 0 Å². The molecule has 1 heterocycles. The number of halogens is 1. The SMILES string of the molecule is FCCNCC1CCCCO1. The second kappa shape index (κ2) is 5.49. The molecule has 11 heavy (non-hydrogen) atoms. The summed E-state index contributed by atoms with van der Waals surface area (Å²) in [6.07, 6.45) is 3.89. The second-order valence-corrected chi connectivity index (χ2v) is 2.88. The van der Waals surface area contributed by atoms with E-state index in [1.54, 1.807) is 0 Å². The zero-order chi connectivity index (χ0) is 7.94. The third-order valence-corrected chi connectivity index (χ3v) is 1.92. The summed E-state index contributed by atoms with van der Waals surface area (Å²) >= 11 is 0. The highest BCUT2D eigenvalue weighted by atomic mass is 19.1. The van der Waals surface area contributed by atoms with E-state index in [2.05, 4.69) is 5.32 Å². The van der Waals surface area contributed by atoms with Crippen molar-refractivity contribution >= 4 is 0 Å². The smallest absolute Gasteiger partial charge is 0.102 e. The van der Waals surface area contributed by atoms with Crippen LogP contribution in [0.5, 0.6) is 0 Å². The highest BCUT2D eigenvalue weighted by Crippen LogP contribution is 2.11. The Kier molecular flexibility index (Phi) is 4.47. The first-order valence-electron chi connectivity index (χ1n) is 4.32. The van der Waals surface area contributed by atoms with Crippen molar-refractivity contribution in [3.63, 3.8) is 0 Å². The first-order valence-corrected chi connectivity index (χ1v) is 4.32. The summed E-state index contributed by atoms with van der Waals surface area (Å²) in [6.45, 7) is 1.86. The van der Waals surface area contributed by atoms with Gasteiger partial charge in [0.05, 0.1) is 6.10 Å². The Morgan fingerprint density at radius 2 is 2.36 bits per heavy atom. The summed E-state index contributed by atoms with van der Waals surface area (Å²) in [4.78, 5) is 0. The van der Waals surface area contributed by atoms with Crippen molar-refractivity contribution in [2.24, 2.45) is 0 Å². The number of nitrogens with one attached hydrogen (secondary N) is 1. The molecule has 0 aromatic heterocycles. The van der Waals surface area contributed by atoms with Crippen LogP contribution in [0.15, 0.2) is 0 Å². The van der Waals surface area contributed by atoms with Crippen molar-refractivity contribution in [1.29, 1.82) is 0 Å². The number of ether oxygens (including phenoxy) is 1. The lowest BCUT2D eigenvalue weighted by Crippen LogP contribution is -2.32. The van der Waals surface area contributed by atoms with Crippen molar-refractivity contribution in [2.75, 3.05) is 26.4 Å². The van der Waals surface area contributed by atoms with E-state index in [0.29, 0.717) is 12.6 Å². The third kappa shape index (κ3) is 3.68. The van der Waals surface area contributed by atoms with Gasteiger partial charge in [-0.25, -0.2) is 4.39 Å². The Morgan fingerprint density at radius 3 is 3.00 bits per heavy atom. The minimum Gasteiger partial charge on any atom is -0.377 e. The molecule has 0 aromatic rings. The minimum atomic E-state index is -0.285. The second-order valence-electron chi connectivity index (χ2n) is 2.88. The number of rotatable bonds is 4. The Balaban J connectivity index is 1.96. The quantitative estimate of drug-likeness (QED) is 0.624. The van der Waals surface area contributed by atoms with E-state index in [-0.39, 0.29) is 6.67 Å². The molecule has 0 radical (unpaired) electrons. The van der Waals surface area contributed by atoms with Crippen LogP contribution in [0.2, 0.25) is 0 Å². The normalized spacial score (nSPS) is 25.4. The van der Waals surface area contributed by atoms with Gasteiger partial charge in [-0.1, -0.05) is 0 Å². The average Bonchev–Trinajstić information content (AvgIpc) is 2.07. The van der Waals surface area contributed by atoms with Crippen LogP contribution in [-0.4, -0.2) is 32.5 Å². The van der Waals surface area contributed by atoms with Crippen LogP contribution in [0.25, 0.3) is 0 Å². The lowest BCUT2D eigenvalue weighted by Gasteiger charge is -2.22. The van der Waals surface area contributed by atoms with Crippen LogP contribution >= 0.6 is 0 Å². The summed E-state index contributed by atoms with van der Waals surface area (Å²) < 4.78 is 17.1. The molecule has 0 bridgehead atoms. The van der Waals surface area contributed by atoms with Gasteiger partial charge in [0.25, 0.3) is 0 Å². The molecule has 66 valence electrons. The average molecular weight is 161 g/mol. The van der Waals surface area contributed by atoms with E-state index in [1.807, 2.05) is 0 Å². The molecule has 1 rings (SSSR count). The van der Waals surface area contributed by atoms with Gasteiger partial charge in [-0.3, -0.25) is 0 Å². The van der Waals surface area contributed by atoms with Gasteiger partial charge in [-0.15, -0.1) is 0 Å². The molecular formula is C8H16FNO. The van der Waals surface area contributed by atoms with Crippen LogP contribution < -0.4 is 5.32 Å². The van der Waals surface area contributed by atoms with Gasteiger partial charge in [-0.2, -0.15) is 0 Å². The standard InChI is InChI=1S/C8H16FNO/c9-4-5-10-7-8-3-1-2-6-11-8/h8,10H,1-7H2. The largest absolute Gasteiger partial charge is 0.377 e. The number of alkyl halides is 1. The molecule has 1 saturated heterocycles. The maximum atomic E-state index is 11.6. The third-order valence-electron chi connectivity index (χ3n) is 1.92. The van der Waals surface area contributed by atoms with Crippen molar-refractivity contribution in [2.45, 2.75) is 25.4 Å². The number of hydrogen-bond donors (Lipinski definition) is 1. The molecule has 3 heteroatoms. The lowest BCUT2D eigenvalue weighted by atomic mass is 10.1. The predicted octanol–water partition coefficient (Wildman–Crippen LogP) is 1.11. The molecule has 0 spiro atoms. The molecule has 1 aliphatic heterocycles. The zero-order valence-electron chi connectivity index (χ0n) is 6.81. The molecule has 1 N–H and O–H groups in total. The molecule has 1 atom stereocenters. The highest BCUT2D eigenvalue weighted by Gasteiger charge is 2.12. The van der Waals surface area contributed by atoms with E-state index in [1.165, 1.54) is 12.8 Å². The molecule has 1 aliphatic rings. The summed E-state index contributed by atoms with van der Waals surface area (Å²) in [6, 6.07) is 0. The summed E-state index contributed by atoms with van der Waals surface area (Å²) in [5.41, 5.74) is 0. The summed E-state index contributed by atoms with van der Waals surface area (Å²) in [7, 11) is 0. The first kappa shape index (κ1) is 8.94. The Bertz CT molecular complexity index is 94.1. The van der Waals surface area contributed by atoms with Gasteiger partial charge < -0.3 is 10.1 Å². The van der Waals surface area contributed by atoms with Gasteiger partial charge in [0.15, 0.2) is 0 Å². The van der Waals surface area contributed by atoms with Crippen LogP contribution in [0.3, 0.4) is 0 Å². The van der Waals surface area contributed by atoms with E-state index in [0.717, 1.165) is 19.6 Å². The fraction of sp³-hybridized carbons (Fsp3) is 1.00. The number of hydrogen-bond acceptors (Lipinski definition) is 2. The van der Waals surface area contributed by atoms with Crippen LogP contribution in [0.1, 0.15) is 19.3 Å². The zero-order valence-corrected chi connectivity index (χ0v) is 6.81. The first-order chi connectivity index (χ1) is 5.43. The Labute approximate surface area is 67.1 Å². The van der Waals surface area contributed by atoms with Crippen molar-refractivity contribution < 1.29 is 9.13 Å². The van der Waals surface area contributed by atoms with Gasteiger partial charge >= 0.3 is 0 Å². The molecular weight excluding hydrogens is 145 g/mol. The van der Waals surface area contributed by atoms with Crippen LogP contribution in [0, 0.1) is 0 Å². The molecule has 0 aromatic carbocycles. The van der Waals surface area contributed by atoms with E-state index >= 15 is 0 Å². The minimum absolute atomic E-state index is 0.285. The van der Waals surface area contributed by atoms with Crippen molar-refractivity contribution in [1.82, 2.24) is 5.32 Å². The molecule has 0 aliphatic carbocycles. The maximum absolute atomic E-state index is 11.6. The highest BCUT2D eigenvalue weighted by molar-refractivity contribution is 4.65. The fourth-order valence-electron chi connectivity index (χ4n) is 1.30. The topological polar surface area (TPSA) is 21.3 Å². The maximum Gasteiger partial charge on any atom is 0.102 e. The van der Waals surface area contributed by atoms with Gasteiger partial charge in [0.1, 0.15) is 6.67 Å². The van der Waals surface area contributed by atoms with Gasteiger partial charge in [-0.05, 0) is 19.3 Å². The lowest BCUT2D eigenvalue weighted by molar-refractivity contribution is 0.0169. The van der Waals surface area contributed by atoms with E-state index in [9.17, 15) is 4.39 Å². The summed E-state index contributed by atoms with van der Waals surface area (Å²) in [5.74, 6) is 0. The Hall–Kier alpha value is -0.150. The van der Waals surface area contributed by atoms with Crippen molar-refractivity contribution in [3.05, 3.63) is 0 Å². The predicted molar refractivity (Wildman–Crippen MR) is 42.4 cm³/mol. The molecule has 0 amide bonds. The molecule has 2 nitrogen and oxygen atoms in total. The van der Waals surface area contributed by atoms with Crippen LogP contribution in [-0.2, 0) is 4.74 Å². The monoisotopic (exact) mass is 161 g/mol. The van der Waals surface area contributed by atoms with Gasteiger partial charge in [0.2, 0.25) is 0 Å². The van der Waals surface area contributed by atoms with Crippen LogP contribution in [0.4, 0.5) is 4.39 Å². The molecule has 0 saturated carbocycles. The van der Waals surface area contributed by atoms with E-state index < -0.39 is 0 Å². The Morgan fingerprint density at radius 1 is 1.45 bits per heavy atom. The van der Waals surface area contributed by atoms with E-state index in [4.69, 9.17) is 4.74 Å².